The monoisotopic (exact) mass is 307 g/mol. The number of ether oxygens (including phenoxy) is 2. The number of alkyl halides is 1. The van der Waals surface area contributed by atoms with Crippen molar-refractivity contribution in [3.63, 3.8) is 0 Å². The Labute approximate surface area is 92.7 Å². The zero-order valence-corrected chi connectivity index (χ0v) is 9.89. The summed E-state index contributed by atoms with van der Waals surface area (Å²) in [5.74, 6) is 1.28. The molecule has 0 atom stereocenters. The van der Waals surface area contributed by atoms with Crippen LogP contribution in [0.3, 0.4) is 0 Å². The van der Waals surface area contributed by atoms with Crippen LogP contribution in [0.15, 0.2) is 10.5 Å². The van der Waals surface area contributed by atoms with Crippen LogP contribution in [-0.4, -0.2) is 18.2 Å². The van der Waals surface area contributed by atoms with E-state index in [0.717, 1.165) is 10.2 Å². The molecule has 0 aromatic carbocycles. The molecule has 0 spiro atoms. The third kappa shape index (κ3) is 1.81. The Hall–Kier alpha value is -0.290. The van der Waals surface area contributed by atoms with Crippen LogP contribution >= 0.6 is 31.9 Å². The highest BCUT2D eigenvalue weighted by Gasteiger charge is 2.17. The molecule has 0 unspecified atom stereocenters. The van der Waals surface area contributed by atoms with Gasteiger partial charge in [0.2, 0.25) is 0 Å². The van der Waals surface area contributed by atoms with Crippen LogP contribution < -0.4 is 9.47 Å². The quantitative estimate of drug-likeness (QED) is 0.747. The average Bonchev–Trinajstić information content (AvgIpc) is 2.18. The Morgan fingerprint density at radius 2 is 2.15 bits per heavy atom. The maximum atomic E-state index is 5.40. The minimum Gasteiger partial charge on any atom is -0.483 e. The Balaban J connectivity index is 2.47. The van der Waals surface area contributed by atoms with Crippen molar-refractivity contribution in [3.05, 3.63) is 16.2 Å². The minimum absolute atomic E-state index is 0.568. The van der Waals surface area contributed by atoms with Gasteiger partial charge in [-0.05, 0) is 22.0 Å². The first kappa shape index (κ1) is 9.27. The molecule has 0 saturated heterocycles. The first-order valence-corrected chi connectivity index (χ1v) is 5.73. The van der Waals surface area contributed by atoms with Crippen LogP contribution in [0.1, 0.15) is 5.69 Å². The van der Waals surface area contributed by atoms with Gasteiger partial charge in [-0.2, -0.15) is 0 Å². The molecule has 5 heteroatoms. The number of hydrogen-bond donors (Lipinski definition) is 0. The predicted molar refractivity (Wildman–Crippen MR) is 55.6 cm³/mol. The molecule has 0 bridgehead atoms. The maximum Gasteiger partial charge on any atom is 0.258 e. The predicted octanol–water partition coefficient (Wildman–Crippen LogP) is 2.51. The minimum atomic E-state index is 0.568. The van der Waals surface area contributed by atoms with Gasteiger partial charge in [-0.1, -0.05) is 15.9 Å². The molecule has 0 saturated carbocycles. The third-order valence-electron chi connectivity index (χ3n) is 1.66. The van der Waals surface area contributed by atoms with Crippen molar-refractivity contribution in [3.8, 4) is 11.6 Å². The van der Waals surface area contributed by atoms with Gasteiger partial charge < -0.3 is 9.47 Å². The summed E-state index contributed by atoms with van der Waals surface area (Å²) in [6.45, 7) is 1.15. The second kappa shape index (κ2) is 3.84. The molecule has 70 valence electrons. The van der Waals surface area contributed by atoms with Gasteiger partial charge in [-0.3, -0.25) is 0 Å². The van der Waals surface area contributed by atoms with E-state index in [4.69, 9.17) is 9.47 Å². The highest BCUT2D eigenvalue weighted by Crippen LogP contribution is 2.36. The van der Waals surface area contributed by atoms with E-state index in [1.807, 2.05) is 6.07 Å². The summed E-state index contributed by atoms with van der Waals surface area (Å²) in [5, 5.41) is 0.711. The normalized spacial score (nSPS) is 14.3. The fourth-order valence-electron chi connectivity index (χ4n) is 1.11. The average molecular weight is 309 g/mol. The summed E-state index contributed by atoms with van der Waals surface area (Å²) in [6.07, 6.45) is 0. The van der Waals surface area contributed by atoms with Crippen molar-refractivity contribution in [2.75, 3.05) is 13.2 Å². The fraction of sp³-hybridized carbons (Fsp3) is 0.375. The number of fused-ring (bicyclic) bond motifs is 1. The van der Waals surface area contributed by atoms with E-state index in [9.17, 15) is 0 Å². The van der Waals surface area contributed by atoms with E-state index in [-0.39, 0.29) is 0 Å². The van der Waals surface area contributed by atoms with E-state index in [2.05, 4.69) is 36.8 Å². The van der Waals surface area contributed by atoms with Crippen molar-refractivity contribution >= 4 is 31.9 Å². The molecule has 0 aliphatic carbocycles. The topological polar surface area (TPSA) is 31.4 Å². The molecule has 2 rings (SSSR count). The summed E-state index contributed by atoms with van der Waals surface area (Å²) >= 11 is 6.75. The highest BCUT2D eigenvalue weighted by molar-refractivity contribution is 9.10. The molecule has 1 aromatic heterocycles. The van der Waals surface area contributed by atoms with Gasteiger partial charge >= 0.3 is 0 Å². The zero-order valence-electron chi connectivity index (χ0n) is 6.72. The first-order chi connectivity index (χ1) is 6.31. The third-order valence-corrected chi connectivity index (χ3v) is 2.82. The van der Waals surface area contributed by atoms with Crippen LogP contribution in [-0.2, 0) is 5.33 Å². The largest absolute Gasteiger partial charge is 0.483 e. The van der Waals surface area contributed by atoms with Gasteiger partial charge in [-0.25, -0.2) is 4.98 Å². The molecular formula is C8H7Br2NO2. The summed E-state index contributed by atoms with van der Waals surface area (Å²) in [5.41, 5.74) is 0.927. The van der Waals surface area contributed by atoms with E-state index in [1.165, 1.54) is 0 Å². The molecule has 0 radical (unpaired) electrons. The lowest BCUT2D eigenvalue weighted by Gasteiger charge is -2.18. The first-order valence-electron chi connectivity index (χ1n) is 3.82. The molecule has 1 aromatic rings. The summed E-state index contributed by atoms with van der Waals surface area (Å²) < 4.78 is 11.7. The van der Waals surface area contributed by atoms with Crippen LogP contribution in [0.5, 0.6) is 11.6 Å². The van der Waals surface area contributed by atoms with Crippen molar-refractivity contribution in [1.82, 2.24) is 4.98 Å². The molecular weight excluding hydrogens is 302 g/mol. The fourth-order valence-corrected chi connectivity index (χ4v) is 1.94. The molecule has 0 fully saturated rings. The van der Waals surface area contributed by atoms with Crippen molar-refractivity contribution in [2.45, 2.75) is 5.33 Å². The maximum absolute atomic E-state index is 5.40. The molecule has 1 aliphatic rings. The Morgan fingerprint density at radius 1 is 1.38 bits per heavy atom. The standard InChI is InChI=1S/C8H7Br2NO2/c9-4-5-3-6(10)7-8(11-5)13-2-1-12-7/h3H,1-2,4H2. The van der Waals surface area contributed by atoms with E-state index in [1.54, 1.807) is 0 Å². The van der Waals surface area contributed by atoms with E-state index < -0.39 is 0 Å². The molecule has 0 N–H and O–H groups in total. The number of aromatic nitrogens is 1. The SMILES string of the molecule is BrCc1cc(Br)c2c(n1)OCCO2. The van der Waals surface area contributed by atoms with Crippen LogP contribution in [0, 0.1) is 0 Å². The van der Waals surface area contributed by atoms with Gasteiger partial charge in [0.25, 0.3) is 5.88 Å². The van der Waals surface area contributed by atoms with Gasteiger partial charge in [0.1, 0.15) is 13.2 Å². The zero-order chi connectivity index (χ0) is 9.26. The summed E-state index contributed by atoms with van der Waals surface area (Å²) in [4.78, 5) is 4.27. The lowest BCUT2D eigenvalue weighted by molar-refractivity contribution is 0.163. The number of pyridine rings is 1. The highest BCUT2D eigenvalue weighted by atomic mass is 79.9. The molecule has 2 heterocycles. The van der Waals surface area contributed by atoms with Crippen molar-refractivity contribution in [2.24, 2.45) is 0 Å². The number of hydrogen-bond acceptors (Lipinski definition) is 3. The van der Waals surface area contributed by atoms with E-state index >= 15 is 0 Å². The van der Waals surface area contributed by atoms with Crippen molar-refractivity contribution < 1.29 is 9.47 Å². The number of nitrogens with zero attached hydrogens (tertiary/aromatic N) is 1. The lowest BCUT2D eigenvalue weighted by Crippen LogP contribution is -2.17. The Kier molecular flexibility index (Phi) is 2.74. The van der Waals surface area contributed by atoms with Gasteiger partial charge in [-0.15, -0.1) is 0 Å². The molecule has 13 heavy (non-hydrogen) atoms. The van der Waals surface area contributed by atoms with Crippen LogP contribution in [0.2, 0.25) is 0 Å². The molecule has 0 amide bonds. The lowest BCUT2D eigenvalue weighted by atomic mass is 10.3. The Morgan fingerprint density at radius 3 is 2.92 bits per heavy atom. The van der Waals surface area contributed by atoms with E-state index in [0.29, 0.717) is 30.2 Å². The molecule has 1 aliphatic heterocycles. The van der Waals surface area contributed by atoms with Gasteiger partial charge in [0.05, 0.1) is 10.2 Å². The van der Waals surface area contributed by atoms with Crippen LogP contribution in [0.4, 0.5) is 0 Å². The smallest absolute Gasteiger partial charge is 0.258 e. The van der Waals surface area contributed by atoms with Gasteiger partial charge in [0, 0.05) is 5.33 Å². The van der Waals surface area contributed by atoms with Gasteiger partial charge in [0.15, 0.2) is 5.75 Å². The number of halogens is 2. The second-order valence-electron chi connectivity index (χ2n) is 2.56. The van der Waals surface area contributed by atoms with Crippen LogP contribution in [0.25, 0.3) is 0 Å². The second-order valence-corrected chi connectivity index (χ2v) is 3.98. The summed E-state index contributed by atoms with van der Waals surface area (Å²) in [7, 11) is 0. The number of rotatable bonds is 1. The van der Waals surface area contributed by atoms with Crippen molar-refractivity contribution in [1.29, 1.82) is 0 Å². The summed E-state index contributed by atoms with van der Waals surface area (Å²) in [6, 6.07) is 1.92. The molecule has 3 nitrogen and oxygen atoms in total. The Bertz CT molecular complexity index is 330.